The zero-order valence-corrected chi connectivity index (χ0v) is 7.76. The van der Waals surface area contributed by atoms with Crippen LogP contribution in [0.1, 0.15) is 17.9 Å². The normalized spacial score (nSPS) is 24.9. The van der Waals surface area contributed by atoms with Crippen molar-refractivity contribution in [3.63, 3.8) is 0 Å². The van der Waals surface area contributed by atoms with E-state index in [0.717, 1.165) is 12.5 Å². The minimum absolute atomic E-state index is 0.00472. The number of methoxy groups -OCH3 is 1. The molecule has 2 rings (SSSR count). The zero-order chi connectivity index (χ0) is 10.3. The molecular formula is C10H11F2NO. The Labute approximate surface area is 80.7 Å². The lowest BCUT2D eigenvalue weighted by atomic mass is 10.1. The van der Waals surface area contributed by atoms with Crippen molar-refractivity contribution in [3.8, 4) is 5.75 Å². The lowest BCUT2D eigenvalue weighted by Crippen LogP contribution is -2.03. The first-order valence-corrected chi connectivity index (χ1v) is 4.42. The van der Waals surface area contributed by atoms with Gasteiger partial charge in [-0.1, -0.05) is 0 Å². The molecule has 0 saturated heterocycles. The molecule has 0 bridgehead atoms. The maximum absolute atomic E-state index is 13.2. The Hall–Kier alpha value is -1.16. The summed E-state index contributed by atoms with van der Waals surface area (Å²) in [6, 6.07) is 2.11. The lowest BCUT2D eigenvalue weighted by molar-refractivity contribution is 0.378. The van der Waals surface area contributed by atoms with Crippen molar-refractivity contribution in [3.05, 3.63) is 29.3 Å². The van der Waals surface area contributed by atoms with Crippen molar-refractivity contribution >= 4 is 0 Å². The van der Waals surface area contributed by atoms with Gasteiger partial charge in [-0.15, -0.1) is 0 Å². The fraction of sp³-hybridized carbons (Fsp3) is 0.400. The first kappa shape index (κ1) is 9.40. The van der Waals surface area contributed by atoms with Gasteiger partial charge >= 0.3 is 0 Å². The number of hydrogen-bond acceptors (Lipinski definition) is 2. The van der Waals surface area contributed by atoms with Crippen molar-refractivity contribution in [1.29, 1.82) is 0 Å². The van der Waals surface area contributed by atoms with Crippen LogP contribution < -0.4 is 10.5 Å². The van der Waals surface area contributed by atoms with Crippen molar-refractivity contribution < 1.29 is 13.5 Å². The number of halogens is 2. The van der Waals surface area contributed by atoms with Crippen LogP contribution in [-0.4, -0.2) is 13.2 Å². The molecule has 4 heteroatoms. The van der Waals surface area contributed by atoms with Crippen LogP contribution in [0.4, 0.5) is 8.78 Å². The lowest BCUT2D eigenvalue weighted by Gasteiger charge is -2.08. The molecule has 14 heavy (non-hydrogen) atoms. The van der Waals surface area contributed by atoms with Gasteiger partial charge in [0.1, 0.15) is 5.82 Å². The van der Waals surface area contributed by atoms with E-state index in [2.05, 4.69) is 0 Å². The van der Waals surface area contributed by atoms with E-state index < -0.39 is 11.6 Å². The molecule has 1 aliphatic carbocycles. The second-order valence-corrected chi connectivity index (χ2v) is 3.52. The van der Waals surface area contributed by atoms with Gasteiger partial charge in [0.15, 0.2) is 11.6 Å². The Morgan fingerprint density at radius 3 is 2.57 bits per heavy atom. The maximum atomic E-state index is 13.2. The monoisotopic (exact) mass is 199 g/mol. The number of benzene rings is 1. The number of rotatable bonds is 2. The second kappa shape index (κ2) is 3.20. The Balaban J connectivity index is 2.45. The maximum Gasteiger partial charge on any atom is 0.168 e. The van der Waals surface area contributed by atoms with E-state index in [9.17, 15) is 8.78 Å². The fourth-order valence-corrected chi connectivity index (χ4v) is 1.64. The van der Waals surface area contributed by atoms with Crippen LogP contribution in [0.25, 0.3) is 0 Å². The highest BCUT2D eigenvalue weighted by Gasteiger charge is 2.38. The van der Waals surface area contributed by atoms with Crippen molar-refractivity contribution in [2.75, 3.05) is 7.11 Å². The average Bonchev–Trinajstić information content (AvgIpc) is 2.81. The molecule has 2 nitrogen and oxygen atoms in total. The van der Waals surface area contributed by atoms with Crippen LogP contribution >= 0.6 is 0 Å². The Bertz CT molecular complexity index is 367. The van der Waals surface area contributed by atoms with Gasteiger partial charge in [0.25, 0.3) is 0 Å². The standard InChI is InChI=1S/C10H11F2NO/c1-14-10-7(6-4-9(6)13)2-5(11)3-8(10)12/h2-3,6,9H,4,13H2,1H3. The smallest absolute Gasteiger partial charge is 0.168 e. The summed E-state index contributed by atoms with van der Waals surface area (Å²) in [4.78, 5) is 0. The third-order valence-corrected chi connectivity index (χ3v) is 2.48. The summed E-state index contributed by atoms with van der Waals surface area (Å²) in [5, 5.41) is 0. The molecule has 1 aromatic rings. The molecular weight excluding hydrogens is 188 g/mol. The van der Waals surface area contributed by atoms with Gasteiger partial charge in [0.2, 0.25) is 0 Å². The summed E-state index contributed by atoms with van der Waals surface area (Å²) in [5.41, 5.74) is 6.16. The van der Waals surface area contributed by atoms with Gasteiger partial charge < -0.3 is 10.5 Å². The van der Waals surface area contributed by atoms with Crippen LogP contribution in [0.3, 0.4) is 0 Å². The topological polar surface area (TPSA) is 35.2 Å². The number of ether oxygens (including phenoxy) is 1. The van der Waals surface area contributed by atoms with Crippen molar-refractivity contribution in [2.45, 2.75) is 18.4 Å². The molecule has 0 amide bonds. The minimum atomic E-state index is -0.665. The summed E-state index contributed by atoms with van der Waals surface area (Å²) in [7, 11) is 1.37. The first-order chi connectivity index (χ1) is 6.63. The molecule has 76 valence electrons. The first-order valence-electron chi connectivity index (χ1n) is 4.42. The highest BCUT2D eigenvalue weighted by molar-refractivity contribution is 5.42. The van der Waals surface area contributed by atoms with Gasteiger partial charge in [-0.3, -0.25) is 0 Å². The van der Waals surface area contributed by atoms with E-state index in [1.807, 2.05) is 0 Å². The van der Waals surface area contributed by atoms with E-state index in [4.69, 9.17) is 10.5 Å². The van der Waals surface area contributed by atoms with Gasteiger partial charge in [-0.05, 0) is 12.5 Å². The third-order valence-electron chi connectivity index (χ3n) is 2.48. The Morgan fingerprint density at radius 2 is 2.07 bits per heavy atom. The Morgan fingerprint density at radius 1 is 1.43 bits per heavy atom. The van der Waals surface area contributed by atoms with E-state index >= 15 is 0 Å². The molecule has 1 saturated carbocycles. The van der Waals surface area contributed by atoms with Gasteiger partial charge in [-0.2, -0.15) is 0 Å². The summed E-state index contributed by atoms with van der Waals surface area (Å²) in [6.07, 6.45) is 0.763. The predicted molar refractivity (Wildman–Crippen MR) is 48.2 cm³/mol. The van der Waals surface area contributed by atoms with Crippen LogP contribution in [-0.2, 0) is 0 Å². The quantitative estimate of drug-likeness (QED) is 0.788. The molecule has 1 fully saturated rings. The van der Waals surface area contributed by atoms with Crippen LogP contribution in [0.5, 0.6) is 5.75 Å². The molecule has 0 radical (unpaired) electrons. The predicted octanol–water partition coefficient (Wildman–Crippen LogP) is 1.79. The van der Waals surface area contributed by atoms with Gasteiger partial charge in [0, 0.05) is 23.6 Å². The molecule has 2 N–H and O–H groups in total. The van der Waals surface area contributed by atoms with Crippen molar-refractivity contribution in [1.82, 2.24) is 0 Å². The summed E-state index contributed by atoms with van der Waals surface area (Å²) < 4.78 is 31.0. The summed E-state index contributed by atoms with van der Waals surface area (Å²) >= 11 is 0. The number of nitrogens with two attached hydrogens (primary N) is 1. The summed E-state index contributed by atoms with van der Waals surface area (Å²) in [6.45, 7) is 0. The van der Waals surface area contributed by atoms with Crippen LogP contribution in [0.2, 0.25) is 0 Å². The van der Waals surface area contributed by atoms with Crippen LogP contribution in [0.15, 0.2) is 12.1 Å². The van der Waals surface area contributed by atoms with Crippen LogP contribution in [0, 0.1) is 11.6 Å². The molecule has 0 aromatic heterocycles. The molecule has 1 aliphatic rings. The minimum Gasteiger partial charge on any atom is -0.493 e. The number of hydrogen-bond donors (Lipinski definition) is 1. The average molecular weight is 199 g/mol. The zero-order valence-electron chi connectivity index (χ0n) is 7.76. The highest BCUT2D eigenvalue weighted by Crippen LogP contribution is 2.44. The van der Waals surface area contributed by atoms with Gasteiger partial charge in [0.05, 0.1) is 7.11 Å². The molecule has 0 spiro atoms. The molecule has 1 aromatic carbocycles. The summed E-state index contributed by atoms with van der Waals surface area (Å²) in [5.74, 6) is -1.10. The molecule has 2 unspecified atom stereocenters. The van der Waals surface area contributed by atoms with E-state index in [1.54, 1.807) is 0 Å². The Kier molecular flexibility index (Phi) is 2.15. The fourth-order valence-electron chi connectivity index (χ4n) is 1.64. The molecule has 0 heterocycles. The third kappa shape index (κ3) is 1.46. The molecule has 0 aliphatic heterocycles. The van der Waals surface area contributed by atoms with E-state index in [0.29, 0.717) is 5.56 Å². The van der Waals surface area contributed by atoms with Gasteiger partial charge in [-0.25, -0.2) is 8.78 Å². The largest absolute Gasteiger partial charge is 0.493 e. The molecule has 2 atom stereocenters. The highest BCUT2D eigenvalue weighted by atomic mass is 19.1. The van der Waals surface area contributed by atoms with E-state index in [1.165, 1.54) is 13.2 Å². The SMILES string of the molecule is COc1c(F)cc(F)cc1C1CC1N. The van der Waals surface area contributed by atoms with Crippen molar-refractivity contribution in [2.24, 2.45) is 5.73 Å². The van der Waals surface area contributed by atoms with E-state index in [-0.39, 0.29) is 17.7 Å². The second-order valence-electron chi connectivity index (χ2n) is 3.52.